The molecule has 0 saturated carbocycles. The van der Waals surface area contributed by atoms with Gasteiger partial charge in [0, 0.05) is 38.3 Å². The Balaban J connectivity index is 1.52. The Bertz CT molecular complexity index is 576. The first-order valence-electron chi connectivity index (χ1n) is 9.48. The number of hydrogen-bond acceptors (Lipinski definition) is 6. The van der Waals surface area contributed by atoms with Crippen molar-refractivity contribution in [2.45, 2.75) is 19.4 Å². The molecule has 0 radical (unpaired) electrons. The van der Waals surface area contributed by atoms with Crippen LogP contribution in [0.15, 0.2) is 24.3 Å². The van der Waals surface area contributed by atoms with Crippen molar-refractivity contribution in [1.29, 1.82) is 0 Å². The number of Topliss-reactive ketones (excluding diaryl/α,β-unsaturated/α-hetero) is 1. The van der Waals surface area contributed by atoms with E-state index in [0.29, 0.717) is 19.8 Å². The Morgan fingerprint density at radius 1 is 1.00 bits per heavy atom. The Kier molecular flexibility index (Phi) is 6.64. The molecule has 0 unspecified atom stereocenters. The predicted molar refractivity (Wildman–Crippen MR) is 100.0 cm³/mol. The molecule has 2 aliphatic rings. The van der Waals surface area contributed by atoms with Gasteiger partial charge >= 0.3 is 0 Å². The lowest BCUT2D eigenvalue weighted by atomic mass is 9.91. The highest BCUT2D eigenvalue weighted by Gasteiger charge is 2.35. The molecule has 0 aromatic heterocycles. The second-order valence-electron chi connectivity index (χ2n) is 7.31. The van der Waals surface area contributed by atoms with Crippen LogP contribution in [0.5, 0.6) is 5.75 Å². The molecule has 0 aliphatic carbocycles. The number of rotatable bonds is 7. The van der Waals surface area contributed by atoms with E-state index in [1.165, 1.54) is 0 Å². The van der Waals surface area contributed by atoms with Crippen LogP contribution in [0.4, 0.5) is 0 Å². The van der Waals surface area contributed by atoms with Crippen molar-refractivity contribution in [1.82, 2.24) is 9.80 Å². The Labute approximate surface area is 156 Å². The summed E-state index contributed by atoms with van der Waals surface area (Å²) in [5, 5.41) is 0. The van der Waals surface area contributed by atoms with Crippen molar-refractivity contribution < 1.29 is 19.0 Å². The summed E-state index contributed by atoms with van der Waals surface area (Å²) in [7, 11) is 0. The number of carbonyl (C=O) groups excluding carboxylic acids is 1. The number of morpholine rings is 2. The summed E-state index contributed by atoms with van der Waals surface area (Å²) in [5.74, 6) is 0.943. The van der Waals surface area contributed by atoms with Gasteiger partial charge in [0.2, 0.25) is 0 Å². The minimum absolute atomic E-state index is 0.138. The molecule has 0 spiro atoms. The smallest absolute Gasteiger partial charge is 0.182 e. The van der Waals surface area contributed by atoms with Crippen LogP contribution < -0.4 is 4.74 Å². The van der Waals surface area contributed by atoms with E-state index < -0.39 is 5.54 Å². The summed E-state index contributed by atoms with van der Waals surface area (Å²) in [6.07, 6.45) is 0. The molecular weight excluding hydrogens is 332 g/mol. The topological polar surface area (TPSA) is 51.2 Å². The van der Waals surface area contributed by atoms with Gasteiger partial charge in [-0.2, -0.15) is 0 Å². The van der Waals surface area contributed by atoms with Crippen LogP contribution >= 0.6 is 0 Å². The molecule has 2 fully saturated rings. The van der Waals surface area contributed by atoms with Crippen LogP contribution in [0.3, 0.4) is 0 Å². The molecule has 0 bridgehead atoms. The zero-order chi connectivity index (χ0) is 18.4. The molecular formula is C20H30N2O4. The fraction of sp³-hybridized carbons (Fsp3) is 0.650. The lowest BCUT2D eigenvalue weighted by molar-refractivity contribution is -0.00429. The zero-order valence-corrected chi connectivity index (χ0v) is 15.9. The van der Waals surface area contributed by atoms with Crippen molar-refractivity contribution in [2.24, 2.45) is 0 Å². The first-order chi connectivity index (χ1) is 12.6. The molecule has 1 aromatic carbocycles. The maximum atomic E-state index is 13.0. The first kappa shape index (κ1) is 19.3. The van der Waals surface area contributed by atoms with Gasteiger partial charge in [0.25, 0.3) is 0 Å². The molecule has 2 aliphatic heterocycles. The Morgan fingerprint density at radius 3 is 2.19 bits per heavy atom. The van der Waals surface area contributed by atoms with Gasteiger partial charge in [-0.1, -0.05) is 0 Å². The van der Waals surface area contributed by atoms with Crippen LogP contribution in [-0.2, 0) is 9.47 Å². The van der Waals surface area contributed by atoms with Gasteiger partial charge in [-0.25, -0.2) is 0 Å². The van der Waals surface area contributed by atoms with Gasteiger partial charge in [0.05, 0.1) is 32.0 Å². The Morgan fingerprint density at radius 2 is 1.58 bits per heavy atom. The van der Waals surface area contributed by atoms with Gasteiger partial charge in [-0.15, -0.1) is 0 Å². The van der Waals surface area contributed by atoms with Crippen LogP contribution in [0.1, 0.15) is 24.2 Å². The quantitative estimate of drug-likeness (QED) is 0.688. The summed E-state index contributed by atoms with van der Waals surface area (Å²) in [4.78, 5) is 17.5. The van der Waals surface area contributed by atoms with Gasteiger partial charge < -0.3 is 14.2 Å². The highest BCUT2D eigenvalue weighted by molar-refractivity contribution is 6.02. The average Bonchev–Trinajstić information content (AvgIpc) is 2.69. The lowest BCUT2D eigenvalue weighted by Gasteiger charge is -2.39. The molecule has 0 N–H and O–H groups in total. The summed E-state index contributed by atoms with van der Waals surface area (Å²) in [5.41, 5.74) is 0.199. The molecule has 0 amide bonds. The molecule has 6 heteroatoms. The number of benzene rings is 1. The van der Waals surface area contributed by atoms with Crippen LogP contribution in [0, 0.1) is 0 Å². The molecule has 26 heavy (non-hydrogen) atoms. The van der Waals surface area contributed by atoms with E-state index in [1.54, 1.807) is 0 Å². The fourth-order valence-corrected chi connectivity index (χ4v) is 3.44. The number of ether oxygens (including phenoxy) is 3. The SMILES string of the molecule is CC(C)(C(=O)c1ccc(OCCN2CCOCC2)cc1)N1CCOCC1. The van der Waals surface area contributed by atoms with E-state index in [1.807, 2.05) is 38.1 Å². The van der Waals surface area contributed by atoms with Crippen molar-refractivity contribution >= 4 is 5.78 Å². The van der Waals surface area contributed by atoms with E-state index in [0.717, 1.165) is 57.3 Å². The predicted octanol–water partition coefficient (Wildman–Crippen LogP) is 1.69. The third-order valence-corrected chi connectivity index (χ3v) is 5.25. The third-order valence-electron chi connectivity index (χ3n) is 5.25. The first-order valence-corrected chi connectivity index (χ1v) is 9.48. The summed E-state index contributed by atoms with van der Waals surface area (Å²) in [6.45, 7) is 12.0. The molecule has 144 valence electrons. The lowest BCUT2D eigenvalue weighted by Crippen LogP contribution is -2.54. The van der Waals surface area contributed by atoms with Crippen LogP contribution in [-0.4, -0.2) is 86.9 Å². The van der Waals surface area contributed by atoms with Crippen molar-refractivity contribution in [3.63, 3.8) is 0 Å². The van der Waals surface area contributed by atoms with E-state index in [9.17, 15) is 4.79 Å². The average molecular weight is 362 g/mol. The maximum absolute atomic E-state index is 13.0. The number of hydrogen-bond donors (Lipinski definition) is 0. The van der Waals surface area contributed by atoms with E-state index >= 15 is 0 Å². The number of carbonyl (C=O) groups is 1. The summed E-state index contributed by atoms with van der Waals surface area (Å²) in [6, 6.07) is 7.52. The fourth-order valence-electron chi connectivity index (χ4n) is 3.44. The van der Waals surface area contributed by atoms with Gasteiger partial charge in [0.15, 0.2) is 5.78 Å². The van der Waals surface area contributed by atoms with Crippen LogP contribution in [0.2, 0.25) is 0 Å². The van der Waals surface area contributed by atoms with E-state index in [-0.39, 0.29) is 5.78 Å². The molecule has 0 atom stereocenters. The van der Waals surface area contributed by atoms with Crippen molar-refractivity contribution in [3.8, 4) is 5.75 Å². The van der Waals surface area contributed by atoms with Crippen molar-refractivity contribution in [3.05, 3.63) is 29.8 Å². The molecule has 2 heterocycles. The number of ketones is 1. The highest BCUT2D eigenvalue weighted by atomic mass is 16.5. The maximum Gasteiger partial charge on any atom is 0.182 e. The second kappa shape index (κ2) is 8.95. The normalized spacial score (nSPS) is 20.1. The molecule has 3 rings (SSSR count). The zero-order valence-electron chi connectivity index (χ0n) is 15.9. The van der Waals surface area contributed by atoms with Crippen LogP contribution in [0.25, 0.3) is 0 Å². The largest absolute Gasteiger partial charge is 0.492 e. The second-order valence-corrected chi connectivity index (χ2v) is 7.31. The van der Waals surface area contributed by atoms with E-state index in [2.05, 4.69) is 9.80 Å². The van der Waals surface area contributed by atoms with Gasteiger partial charge in [-0.05, 0) is 38.1 Å². The van der Waals surface area contributed by atoms with Crippen molar-refractivity contribution in [2.75, 3.05) is 65.8 Å². The standard InChI is InChI=1S/C20H30N2O4/c1-20(2,22-10-14-25-15-11-22)19(23)17-3-5-18(6-4-17)26-16-9-21-7-12-24-13-8-21/h3-6H,7-16H2,1-2H3. The van der Waals surface area contributed by atoms with Gasteiger partial charge in [0.1, 0.15) is 12.4 Å². The minimum atomic E-state index is -0.525. The molecule has 1 aromatic rings. The Hall–Kier alpha value is -1.47. The van der Waals surface area contributed by atoms with E-state index in [4.69, 9.17) is 14.2 Å². The molecule has 6 nitrogen and oxygen atoms in total. The summed E-state index contributed by atoms with van der Waals surface area (Å²) >= 11 is 0. The third kappa shape index (κ3) is 4.82. The monoisotopic (exact) mass is 362 g/mol. The summed E-state index contributed by atoms with van der Waals surface area (Å²) < 4.78 is 16.6. The highest BCUT2D eigenvalue weighted by Crippen LogP contribution is 2.23. The van der Waals surface area contributed by atoms with Gasteiger partial charge in [-0.3, -0.25) is 14.6 Å². The molecule has 2 saturated heterocycles. The number of nitrogens with zero attached hydrogens (tertiary/aromatic N) is 2. The minimum Gasteiger partial charge on any atom is -0.492 e.